The largest absolute Gasteiger partial charge is 0.349 e. The maximum absolute atomic E-state index is 12.8. The number of carbonyl (C=O) groups excluding carboxylic acids is 2. The normalized spacial score (nSPS) is 13.2. The van der Waals surface area contributed by atoms with Gasteiger partial charge < -0.3 is 10.6 Å². The van der Waals surface area contributed by atoms with Crippen LogP contribution in [0.5, 0.6) is 0 Å². The summed E-state index contributed by atoms with van der Waals surface area (Å²) in [7, 11) is 0. The number of benzene rings is 2. The third-order valence-electron chi connectivity index (χ3n) is 4.64. The second kappa shape index (κ2) is 7.48. The Morgan fingerprint density at radius 1 is 1.07 bits per heavy atom. The molecule has 7 heteroatoms. The smallest absolute Gasteiger partial charge is 0.259 e. The molecule has 1 aliphatic rings. The summed E-state index contributed by atoms with van der Waals surface area (Å²) in [5.41, 5.74) is 2.80. The fourth-order valence-corrected chi connectivity index (χ4v) is 3.16. The Morgan fingerprint density at radius 2 is 1.86 bits per heavy atom. The second-order valence-electron chi connectivity index (χ2n) is 6.78. The molecule has 0 aliphatic heterocycles. The first-order valence-corrected chi connectivity index (χ1v) is 9.42. The van der Waals surface area contributed by atoms with Crippen molar-refractivity contribution in [2.45, 2.75) is 25.8 Å². The summed E-state index contributed by atoms with van der Waals surface area (Å²) in [6.07, 6.45) is 3.52. The van der Waals surface area contributed by atoms with E-state index in [-0.39, 0.29) is 17.9 Å². The van der Waals surface area contributed by atoms with Crippen LogP contribution in [0.3, 0.4) is 0 Å². The van der Waals surface area contributed by atoms with E-state index in [1.165, 1.54) is 6.20 Å². The van der Waals surface area contributed by atoms with Gasteiger partial charge in [-0.3, -0.25) is 9.59 Å². The second-order valence-corrected chi connectivity index (χ2v) is 7.22. The van der Waals surface area contributed by atoms with Crippen molar-refractivity contribution in [2.75, 3.05) is 5.32 Å². The lowest BCUT2D eigenvalue weighted by Crippen LogP contribution is -2.27. The van der Waals surface area contributed by atoms with Crippen molar-refractivity contribution in [1.82, 2.24) is 15.1 Å². The van der Waals surface area contributed by atoms with Crippen LogP contribution < -0.4 is 10.6 Å². The molecule has 1 fully saturated rings. The molecule has 1 aliphatic carbocycles. The lowest BCUT2D eigenvalue weighted by atomic mass is 10.1. The molecule has 3 aromatic rings. The van der Waals surface area contributed by atoms with Gasteiger partial charge in [0.1, 0.15) is 0 Å². The SMILES string of the molecule is Cc1c(C(=O)Nc2ccccc2C(=O)NC2CC2)cnn1-c1cccc(Cl)c1. The Balaban J connectivity index is 1.57. The molecule has 2 aromatic carbocycles. The monoisotopic (exact) mass is 394 g/mol. The van der Waals surface area contributed by atoms with Crippen molar-refractivity contribution in [3.63, 3.8) is 0 Å². The minimum atomic E-state index is -0.322. The molecule has 2 amide bonds. The zero-order valence-electron chi connectivity index (χ0n) is 15.3. The molecular formula is C21H19ClN4O2. The summed E-state index contributed by atoms with van der Waals surface area (Å²) in [6.45, 7) is 1.81. The fourth-order valence-electron chi connectivity index (χ4n) is 2.97. The first-order chi connectivity index (χ1) is 13.5. The highest BCUT2D eigenvalue weighted by Gasteiger charge is 2.25. The number of halogens is 1. The molecule has 0 atom stereocenters. The molecule has 0 radical (unpaired) electrons. The van der Waals surface area contributed by atoms with Gasteiger partial charge in [-0.05, 0) is 50.1 Å². The molecule has 0 unspecified atom stereocenters. The van der Waals surface area contributed by atoms with E-state index in [1.807, 2.05) is 19.1 Å². The molecule has 0 spiro atoms. The Morgan fingerprint density at radius 3 is 2.61 bits per heavy atom. The lowest BCUT2D eigenvalue weighted by Gasteiger charge is -2.11. The standard InChI is InChI=1S/C21H19ClN4O2/c1-13-18(12-23-26(13)16-6-4-5-14(22)11-16)21(28)25-19-8-3-2-7-17(19)20(27)24-15-9-10-15/h2-8,11-12,15H,9-10H2,1H3,(H,24,27)(H,25,28). The lowest BCUT2D eigenvalue weighted by molar-refractivity contribution is 0.0952. The highest BCUT2D eigenvalue weighted by molar-refractivity contribution is 6.30. The summed E-state index contributed by atoms with van der Waals surface area (Å²) in [5, 5.41) is 10.7. The van der Waals surface area contributed by atoms with E-state index in [2.05, 4.69) is 15.7 Å². The van der Waals surface area contributed by atoms with Crippen LogP contribution in [-0.4, -0.2) is 27.6 Å². The van der Waals surface area contributed by atoms with Gasteiger partial charge in [-0.25, -0.2) is 4.68 Å². The number of hydrogen-bond donors (Lipinski definition) is 2. The van der Waals surface area contributed by atoms with Crippen LogP contribution in [0.2, 0.25) is 5.02 Å². The van der Waals surface area contributed by atoms with Gasteiger partial charge >= 0.3 is 0 Å². The molecule has 1 aromatic heterocycles. The van der Waals surface area contributed by atoms with Crippen LogP contribution in [0.15, 0.2) is 54.7 Å². The van der Waals surface area contributed by atoms with Gasteiger partial charge in [-0.1, -0.05) is 29.8 Å². The molecule has 0 saturated heterocycles. The van der Waals surface area contributed by atoms with Crippen LogP contribution >= 0.6 is 11.6 Å². The van der Waals surface area contributed by atoms with Gasteiger partial charge in [0.15, 0.2) is 0 Å². The summed E-state index contributed by atoms with van der Waals surface area (Å²) < 4.78 is 1.66. The van der Waals surface area contributed by atoms with Crippen LogP contribution in [0.4, 0.5) is 5.69 Å². The fraction of sp³-hybridized carbons (Fsp3) is 0.190. The molecule has 0 bridgehead atoms. The number of carbonyl (C=O) groups is 2. The van der Waals surface area contributed by atoms with E-state index >= 15 is 0 Å². The van der Waals surface area contributed by atoms with Gasteiger partial charge in [0.25, 0.3) is 11.8 Å². The van der Waals surface area contributed by atoms with Gasteiger partial charge in [-0.15, -0.1) is 0 Å². The minimum Gasteiger partial charge on any atom is -0.349 e. The van der Waals surface area contributed by atoms with Crippen molar-refractivity contribution < 1.29 is 9.59 Å². The number of aromatic nitrogens is 2. The third kappa shape index (κ3) is 3.77. The van der Waals surface area contributed by atoms with E-state index in [4.69, 9.17) is 11.6 Å². The van der Waals surface area contributed by atoms with Crippen molar-refractivity contribution in [3.8, 4) is 5.69 Å². The van der Waals surface area contributed by atoms with E-state index in [0.717, 1.165) is 18.5 Å². The highest BCUT2D eigenvalue weighted by Crippen LogP contribution is 2.23. The first-order valence-electron chi connectivity index (χ1n) is 9.05. The molecule has 1 saturated carbocycles. The quantitative estimate of drug-likeness (QED) is 0.687. The molecule has 4 rings (SSSR count). The van der Waals surface area contributed by atoms with Gasteiger partial charge in [-0.2, -0.15) is 5.10 Å². The van der Waals surface area contributed by atoms with Crippen LogP contribution in [0, 0.1) is 6.92 Å². The Labute approximate surface area is 167 Å². The van der Waals surface area contributed by atoms with Crippen LogP contribution in [0.1, 0.15) is 39.3 Å². The number of rotatable bonds is 5. The predicted octanol–water partition coefficient (Wildman–Crippen LogP) is 3.98. The number of anilines is 1. The first kappa shape index (κ1) is 18.3. The Hall–Kier alpha value is -3.12. The van der Waals surface area contributed by atoms with E-state index < -0.39 is 0 Å². The van der Waals surface area contributed by atoms with Crippen molar-refractivity contribution in [1.29, 1.82) is 0 Å². The van der Waals surface area contributed by atoms with Crippen molar-refractivity contribution in [2.24, 2.45) is 0 Å². The Bertz CT molecular complexity index is 1060. The number of nitrogens with zero attached hydrogens (tertiary/aromatic N) is 2. The van der Waals surface area contributed by atoms with Crippen molar-refractivity contribution >= 4 is 29.1 Å². The highest BCUT2D eigenvalue weighted by atomic mass is 35.5. The predicted molar refractivity (Wildman–Crippen MR) is 108 cm³/mol. The molecule has 28 heavy (non-hydrogen) atoms. The van der Waals surface area contributed by atoms with Gasteiger partial charge in [0.05, 0.1) is 34.4 Å². The van der Waals surface area contributed by atoms with Gasteiger partial charge in [0.2, 0.25) is 0 Å². The number of hydrogen-bond acceptors (Lipinski definition) is 3. The molecule has 2 N–H and O–H groups in total. The molecule has 1 heterocycles. The van der Waals surface area contributed by atoms with E-state index in [9.17, 15) is 9.59 Å². The molecule has 142 valence electrons. The Kier molecular flexibility index (Phi) is 4.88. The number of nitrogens with one attached hydrogen (secondary N) is 2. The minimum absolute atomic E-state index is 0.176. The summed E-state index contributed by atoms with van der Waals surface area (Å²) in [4.78, 5) is 25.3. The zero-order valence-corrected chi connectivity index (χ0v) is 16.0. The van der Waals surface area contributed by atoms with Crippen LogP contribution in [-0.2, 0) is 0 Å². The average molecular weight is 395 g/mol. The third-order valence-corrected chi connectivity index (χ3v) is 4.87. The van der Waals surface area contributed by atoms with Crippen molar-refractivity contribution in [3.05, 3.63) is 76.6 Å². The number of amides is 2. The topological polar surface area (TPSA) is 76.0 Å². The molecular weight excluding hydrogens is 376 g/mol. The summed E-state index contributed by atoms with van der Waals surface area (Å²) in [5.74, 6) is -0.498. The average Bonchev–Trinajstić information content (AvgIpc) is 3.40. The summed E-state index contributed by atoms with van der Waals surface area (Å²) >= 11 is 6.05. The number of para-hydroxylation sites is 1. The van der Waals surface area contributed by atoms with E-state index in [1.54, 1.807) is 41.1 Å². The zero-order chi connectivity index (χ0) is 19.7. The van der Waals surface area contributed by atoms with Gasteiger partial charge in [0, 0.05) is 11.1 Å². The summed E-state index contributed by atoms with van der Waals surface area (Å²) in [6, 6.07) is 14.5. The maximum Gasteiger partial charge on any atom is 0.259 e. The van der Waals surface area contributed by atoms with Crippen LogP contribution in [0.25, 0.3) is 5.69 Å². The maximum atomic E-state index is 12.8. The van der Waals surface area contributed by atoms with E-state index in [0.29, 0.717) is 27.5 Å². The molecule has 6 nitrogen and oxygen atoms in total.